The van der Waals surface area contributed by atoms with Gasteiger partial charge in [-0.1, -0.05) is 59.6 Å². The average Bonchev–Trinajstić information content (AvgIpc) is 3.79. The van der Waals surface area contributed by atoms with Crippen LogP contribution in [0.4, 0.5) is 0 Å². The number of H-pyrrole nitrogens is 1. The van der Waals surface area contributed by atoms with E-state index in [1.807, 2.05) is 36.4 Å². The third-order valence-corrected chi connectivity index (χ3v) is 8.75. The number of aromatic nitrogens is 7. The van der Waals surface area contributed by atoms with E-state index >= 15 is 0 Å². The molecule has 1 saturated heterocycles. The maximum Gasteiger partial charge on any atom is 0.237 e. The summed E-state index contributed by atoms with van der Waals surface area (Å²) in [5.74, 6) is 0.872. The maximum absolute atomic E-state index is 11.5. The Kier molecular flexibility index (Phi) is 10.7. The van der Waals surface area contributed by atoms with Gasteiger partial charge >= 0.3 is 0 Å². The molecule has 0 spiro atoms. The van der Waals surface area contributed by atoms with Gasteiger partial charge in [0.05, 0.1) is 59.9 Å². The second-order valence-corrected chi connectivity index (χ2v) is 11.8. The van der Waals surface area contributed by atoms with E-state index in [-0.39, 0.29) is 11.9 Å². The molecule has 4 heterocycles. The molecule has 1 fully saturated rings. The van der Waals surface area contributed by atoms with Crippen LogP contribution < -0.4 is 25.4 Å². The average molecular weight is 690 g/mol. The second-order valence-electron chi connectivity index (χ2n) is 11.1. The van der Waals surface area contributed by atoms with Gasteiger partial charge < -0.3 is 25.4 Å². The molecule has 0 saturated carbocycles. The van der Waals surface area contributed by atoms with E-state index in [9.17, 15) is 4.79 Å². The van der Waals surface area contributed by atoms with Crippen molar-refractivity contribution in [3.8, 4) is 45.4 Å². The van der Waals surface area contributed by atoms with Crippen molar-refractivity contribution in [2.24, 2.45) is 0 Å². The SMILES string of the molecule is COc1nc(-c2cccc(-c3cccc(-c4cnc(CNC[C@@H]5CCC(=O)N5)c(OC)n4)c3Cl)c2Cl)cnc1CNCCc1cn[nH]n1. The quantitative estimate of drug-likeness (QED) is 0.122. The zero-order chi connectivity index (χ0) is 33.5. The molecule has 1 atom stereocenters. The van der Waals surface area contributed by atoms with Crippen molar-refractivity contribution in [2.45, 2.75) is 38.4 Å². The minimum Gasteiger partial charge on any atom is -0.480 e. The van der Waals surface area contributed by atoms with E-state index in [0.717, 1.165) is 29.7 Å². The van der Waals surface area contributed by atoms with E-state index in [0.29, 0.717) is 88.3 Å². The number of carbonyl (C=O) groups excluding carboxylic acids is 1. The fourth-order valence-electron chi connectivity index (χ4n) is 5.46. The van der Waals surface area contributed by atoms with Crippen LogP contribution in [0.25, 0.3) is 33.6 Å². The van der Waals surface area contributed by atoms with Crippen molar-refractivity contribution in [3.05, 3.63) is 82.1 Å². The molecule has 1 aliphatic heterocycles. The molecule has 13 nitrogen and oxygen atoms in total. The third kappa shape index (κ3) is 7.55. The van der Waals surface area contributed by atoms with Crippen LogP contribution in [0.1, 0.15) is 29.9 Å². The van der Waals surface area contributed by atoms with E-state index < -0.39 is 0 Å². The van der Waals surface area contributed by atoms with Crippen molar-refractivity contribution >= 4 is 29.1 Å². The van der Waals surface area contributed by atoms with Gasteiger partial charge in [-0.25, -0.2) is 9.97 Å². The first kappa shape index (κ1) is 33.2. The van der Waals surface area contributed by atoms with Crippen LogP contribution in [0.2, 0.25) is 10.0 Å². The highest BCUT2D eigenvalue weighted by atomic mass is 35.5. The first-order chi connectivity index (χ1) is 23.4. The Labute approximate surface area is 287 Å². The maximum atomic E-state index is 11.5. The van der Waals surface area contributed by atoms with Crippen molar-refractivity contribution in [3.63, 3.8) is 0 Å². The zero-order valence-corrected chi connectivity index (χ0v) is 27.9. The van der Waals surface area contributed by atoms with E-state index in [4.69, 9.17) is 42.6 Å². The number of carbonyl (C=O) groups is 1. The Balaban J connectivity index is 1.20. The Hall–Kier alpha value is -4.69. The molecule has 248 valence electrons. The van der Waals surface area contributed by atoms with Crippen LogP contribution in [0.3, 0.4) is 0 Å². The van der Waals surface area contributed by atoms with Crippen LogP contribution in [0, 0.1) is 0 Å². The Morgan fingerprint density at radius 2 is 1.42 bits per heavy atom. The summed E-state index contributed by atoms with van der Waals surface area (Å²) in [5.41, 5.74) is 6.12. The number of hydrogen-bond donors (Lipinski definition) is 4. The minimum absolute atomic E-state index is 0.0823. The first-order valence-electron chi connectivity index (χ1n) is 15.4. The Morgan fingerprint density at radius 3 is 1.94 bits per heavy atom. The molecule has 6 rings (SSSR count). The number of aromatic amines is 1. The summed E-state index contributed by atoms with van der Waals surface area (Å²) in [6.45, 7) is 2.23. The van der Waals surface area contributed by atoms with Crippen molar-refractivity contribution in [1.82, 2.24) is 51.3 Å². The first-order valence-corrected chi connectivity index (χ1v) is 16.1. The predicted octanol–water partition coefficient (Wildman–Crippen LogP) is 4.41. The van der Waals surface area contributed by atoms with Crippen molar-refractivity contribution < 1.29 is 14.3 Å². The van der Waals surface area contributed by atoms with E-state index in [1.54, 1.807) is 32.8 Å². The number of amides is 1. The van der Waals surface area contributed by atoms with Gasteiger partial charge in [0.25, 0.3) is 0 Å². The number of benzene rings is 2. The lowest BCUT2D eigenvalue weighted by Crippen LogP contribution is -2.35. The number of ether oxygens (including phenoxy) is 2. The Bertz CT molecular complexity index is 1890. The van der Waals surface area contributed by atoms with Crippen LogP contribution in [0.15, 0.2) is 55.0 Å². The topological polar surface area (TPSA) is 165 Å². The molecule has 2 aromatic carbocycles. The number of hydrogen-bond acceptors (Lipinski definition) is 11. The molecule has 15 heteroatoms. The number of rotatable bonds is 14. The van der Waals surface area contributed by atoms with Crippen molar-refractivity contribution in [1.29, 1.82) is 0 Å². The monoisotopic (exact) mass is 688 g/mol. The normalized spacial score (nSPS) is 14.2. The number of nitrogens with one attached hydrogen (secondary N) is 4. The molecular formula is C33H34Cl2N10O3. The van der Waals surface area contributed by atoms with Gasteiger partial charge in [0.15, 0.2) is 0 Å². The second kappa shape index (κ2) is 15.5. The van der Waals surface area contributed by atoms with E-state index in [1.165, 1.54) is 0 Å². The minimum atomic E-state index is 0.0823. The molecule has 1 amide bonds. The number of halogens is 2. The fraction of sp³-hybridized carbons (Fsp3) is 0.303. The van der Waals surface area contributed by atoms with Crippen LogP contribution >= 0.6 is 23.2 Å². The molecular weight excluding hydrogens is 655 g/mol. The summed E-state index contributed by atoms with van der Waals surface area (Å²) in [6.07, 6.45) is 7.15. The number of nitrogens with zero attached hydrogens (tertiary/aromatic N) is 6. The summed E-state index contributed by atoms with van der Waals surface area (Å²) in [7, 11) is 3.12. The standard InChI is InChI=1S/C33H34Cl2N10O3/c1-47-32-27(15-36-12-11-20-14-40-45-44-20)38-17-25(42-32)23-7-3-5-21(30(23)34)22-6-4-8-24(31(22)35)26-18-39-28(33(43-26)48-2)16-37-13-19-9-10-29(46)41-19/h3-8,14,17-19,36-37H,9-13,15-16H2,1-2H3,(H,41,46)(H,40,44,45)/t19-/m0/s1. The molecule has 5 aromatic rings. The summed E-state index contributed by atoms with van der Waals surface area (Å²) in [4.78, 5) is 30.2. The highest BCUT2D eigenvalue weighted by Gasteiger charge is 2.21. The summed E-state index contributed by atoms with van der Waals surface area (Å²) in [6, 6.07) is 11.5. The predicted molar refractivity (Wildman–Crippen MR) is 182 cm³/mol. The fourth-order valence-corrected chi connectivity index (χ4v) is 6.11. The highest BCUT2D eigenvalue weighted by molar-refractivity contribution is 6.39. The van der Waals surface area contributed by atoms with Gasteiger partial charge in [-0.2, -0.15) is 15.4 Å². The largest absolute Gasteiger partial charge is 0.480 e. The van der Waals surface area contributed by atoms with Gasteiger partial charge in [0.2, 0.25) is 17.7 Å². The Morgan fingerprint density at radius 1 is 0.833 bits per heavy atom. The molecule has 3 aromatic heterocycles. The lowest BCUT2D eigenvalue weighted by Gasteiger charge is -2.15. The van der Waals surface area contributed by atoms with Crippen LogP contribution in [-0.4, -0.2) is 74.6 Å². The molecule has 0 unspecified atom stereocenters. The molecule has 0 radical (unpaired) electrons. The summed E-state index contributed by atoms with van der Waals surface area (Å²) in [5, 5.41) is 21.0. The molecule has 1 aliphatic rings. The van der Waals surface area contributed by atoms with Crippen LogP contribution in [-0.2, 0) is 24.3 Å². The van der Waals surface area contributed by atoms with Crippen LogP contribution in [0.5, 0.6) is 11.8 Å². The lowest BCUT2D eigenvalue weighted by atomic mass is 9.98. The van der Waals surface area contributed by atoms with Gasteiger partial charge in [-0.3, -0.25) is 14.8 Å². The van der Waals surface area contributed by atoms with Gasteiger partial charge in [0.1, 0.15) is 11.4 Å². The molecule has 0 aliphatic carbocycles. The van der Waals surface area contributed by atoms with Gasteiger partial charge in [0, 0.05) is 67.3 Å². The van der Waals surface area contributed by atoms with Gasteiger partial charge in [-0.05, 0) is 6.42 Å². The molecule has 48 heavy (non-hydrogen) atoms. The zero-order valence-electron chi connectivity index (χ0n) is 26.4. The van der Waals surface area contributed by atoms with Gasteiger partial charge in [-0.15, -0.1) is 0 Å². The summed E-state index contributed by atoms with van der Waals surface area (Å²) < 4.78 is 11.2. The summed E-state index contributed by atoms with van der Waals surface area (Å²) >= 11 is 14.1. The highest BCUT2D eigenvalue weighted by Crippen LogP contribution is 2.42. The molecule has 0 bridgehead atoms. The third-order valence-electron chi connectivity index (χ3n) is 7.93. The number of methoxy groups -OCH3 is 2. The van der Waals surface area contributed by atoms with Crippen molar-refractivity contribution in [2.75, 3.05) is 27.3 Å². The smallest absolute Gasteiger partial charge is 0.237 e. The molecule has 4 N–H and O–H groups in total. The lowest BCUT2D eigenvalue weighted by molar-refractivity contribution is -0.119. The van der Waals surface area contributed by atoms with E-state index in [2.05, 4.69) is 41.3 Å².